The number of carbonyl (C=O) groups excluding carboxylic acids is 2. The van der Waals surface area contributed by atoms with E-state index in [1.807, 2.05) is 13.8 Å². The summed E-state index contributed by atoms with van der Waals surface area (Å²) in [5.74, 6) is 0.267. The van der Waals surface area contributed by atoms with Crippen LogP contribution in [0.15, 0.2) is 42.5 Å². The van der Waals surface area contributed by atoms with Gasteiger partial charge in [0.25, 0.3) is 11.8 Å². The molecule has 0 heterocycles. The third-order valence-electron chi connectivity index (χ3n) is 4.04. The molecule has 0 bridgehead atoms. The highest BCUT2D eigenvalue weighted by Crippen LogP contribution is 2.21. The van der Waals surface area contributed by atoms with Crippen LogP contribution in [-0.2, 0) is 0 Å². The number of methoxy groups -OCH3 is 1. The molecular formula is C20H22IN3O3S. The first kappa shape index (κ1) is 22.1. The van der Waals surface area contributed by atoms with E-state index < -0.39 is 0 Å². The Hall–Kier alpha value is -2.20. The zero-order chi connectivity index (χ0) is 20.7. The molecule has 148 valence electrons. The van der Waals surface area contributed by atoms with E-state index in [9.17, 15) is 9.59 Å². The fourth-order valence-electron chi connectivity index (χ4n) is 2.26. The van der Waals surface area contributed by atoms with Crippen LogP contribution in [0.2, 0.25) is 0 Å². The lowest BCUT2D eigenvalue weighted by Gasteiger charge is -2.13. The molecule has 3 N–H and O–H groups in total. The Kier molecular flexibility index (Phi) is 8.18. The molecule has 2 amide bonds. The number of nitrogens with one attached hydrogen (secondary N) is 3. The van der Waals surface area contributed by atoms with Crippen molar-refractivity contribution in [1.29, 1.82) is 0 Å². The molecule has 6 nitrogen and oxygen atoms in total. The highest BCUT2D eigenvalue weighted by molar-refractivity contribution is 14.1. The van der Waals surface area contributed by atoms with E-state index in [0.717, 1.165) is 9.99 Å². The Labute approximate surface area is 183 Å². The topological polar surface area (TPSA) is 79.5 Å². The monoisotopic (exact) mass is 511 g/mol. The van der Waals surface area contributed by atoms with Crippen molar-refractivity contribution in [2.75, 3.05) is 12.4 Å². The lowest BCUT2D eigenvalue weighted by molar-refractivity contribution is 0.0937. The summed E-state index contributed by atoms with van der Waals surface area (Å²) in [4.78, 5) is 24.4. The highest BCUT2D eigenvalue weighted by Gasteiger charge is 2.12. The average Bonchev–Trinajstić information content (AvgIpc) is 2.68. The summed E-state index contributed by atoms with van der Waals surface area (Å²) in [5.41, 5.74) is 1.72. The van der Waals surface area contributed by atoms with Crippen LogP contribution in [0.1, 0.15) is 41.0 Å². The minimum atomic E-state index is -0.317. The molecule has 2 aromatic rings. The number of benzene rings is 2. The van der Waals surface area contributed by atoms with Gasteiger partial charge >= 0.3 is 0 Å². The quantitative estimate of drug-likeness (QED) is 0.405. The largest absolute Gasteiger partial charge is 0.496 e. The lowest BCUT2D eigenvalue weighted by atomic mass is 10.1. The lowest BCUT2D eigenvalue weighted by Crippen LogP contribution is -2.34. The van der Waals surface area contributed by atoms with Crippen LogP contribution in [0.4, 0.5) is 5.69 Å². The van der Waals surface area contributed by atoms with E-state index in [2.05, 4.69) is 38.5 Å². The molecule has 0 aliphatic heterocycles. The van der Waals surface area contributed by atoms with Gasteiger partial charge in [0.2, 0.25) is 0 Å². The van der Waals surface area contributed by atoms with Crippen molar-refractivity contribution in [1.82, 2.24) is 10.6 Å². The Bertz CT molecular complexity index is 871. The highest BCUT2D eigenvalue weighted by atomic mass is 127. The van der Waals surface area contributed by atoms with Crippen molar-refractivity contribution in [2.24, 2.45) is 0 Å². The van der Waals surface area contributed by atoms with Gasteiger partial charge in [0.1, 0.15) is 5.75 Å². The number of thiocarbonyl (C=S) groups is 1. The second kappa shape index (κ2) is 10.4. The minimum Gasteiger partial charge on any atom is -0.496 e. The number of rotatable bonds is 6. The normalized spacial score (nSPS) is 11.3. The average molecular weight is 511 g/mol. The third-order valence-corrected chi connectivity index (χ3v) is 5.08. The Morgan fingerprint density at radius 2 is 1.75 bits per heavy atom. The van der Waals surface area contributed by atoms with Crippen LogP contribution in [0.25, 0.3) is 0 Å². The third kappa shape index (κ3) is 6.16. The Morgan fingerprint density at radius 3 is 2.32 bits per heavy atom. The maximum absolute atomic E-state index is 12.3. The molecule has 8 heteroatoms. The first-order valence-electron chi connectivity index (χ1n) is 8.70. The summed E-state index contributed by atoms with van der Waals surface area (Å²) < 4.78 is 6.02. The predicted molar refractivity (Wildman–Crippen MR) is 123 cm³/mol. The van der Waals surface area contributed by atoms with E-state index >= 15 is 0 Å². The standard InChI is InChI=1S/C20H22IN3O3S/c1-4-12(2)22-18(25)13-5-8-15(9-6-13)23-20(28)24-19(26)14-7-10-17(27-3)16(21)11-14/h5-12H,4H2,1-3H3,(H,22,25)(H2,23,24,26,28). The summed E-state index contributed by atoms with van der Waals surface area (Å²) in [5, 5.41) is 8.66. The van der Waals surface area contributed by atoms with Crippen molar-refractivity contribution in [3.63, 3.8) is 0 Å². The summed E-state index contributed by atoms with van der Waals surface area (Å²) in [6.07, 6.45) is 0.868. The van der Waals surface area contributed by atoms with Gasteiger partial charge in [0, 0.05) is 22.9 Å². The molecule has 0 radical (unpaired) electrons. The van der Waals surface area contributed by atoms with Crippen LogP contribution >= 0.6 is 34.8 Å². The van der Waals surface area contributed by atoms with Gasteiger partial charge in [-0.2, -0.15) is 0 Å². The fraction of sp³-hybridized carbons (Fsp3) is 0.250. The first-order valence-corrected chi connectivity index (χ1v) is 10.2. The molecule has 1 atom stereocenters. The van der Waals surface area contributed by atoms with Gasteiger partial charge in [0.15, 0.2) is 5.11 Å². The van der Waals surface area contributed by atoms with E-state index in [0.29, 0.717) is 22.6 Å². The predicted octanol–water partition coefficient (Wildman–Crippen LogP) is 3.95. The van der Waals surface area contributed by atoms with Crippen LogP contribution in [0.5, 0.6) is 5.75 Å². The van der Waals surface area contributed by atoms with Crippen molar-refractivity contribution in [3.8, 4) is 5.75 Å². The van der Waals surface area contributed by atoms with E-state index in [1.165, 1.54) is 0 Å². The fourth-order valence-corrected chi connectivity index (χ4v) is 3.21. The van der Waals surface area contributed by atoms with Gasteiger partial charge in [-0.1, -0.05) is 6.92 Å². The van der Waals surface area contributed by atoms with E-state index in [-0.39, 0.29) is 23.0 Å². The molecule has 2 rings (SSSR count). The van der Waals surface area contributed by atoms with Gasteiger partial charge in [-0.05, 0) is 90.6 Å². The molecule has 0 aromatic heterocycles. The van der Waals surface area contributed by atoms with Crippen molar-refractivity contribution >= 4 is 57.4 Å². The molecule has 0 spiro atoms. The maximum atomic E-state index is 12.3. The number of amides is 2. The van der Waals surface area contributed by atoms with E-state index in [4.69, 9.17) is 17.0 Å². The second-order valence-electron chi connectivity index (χ2n) is 6.12. The maximum Gasteiger partial charge on any atom is 0.257 e. The molecule has 0 aliphatic rings. The zero-order valence-electron chi connectivity index (χ0n) is 15.8. The Morgan fingerprint density at radius 1 is 1.11 bits per heavy atom. The summed E-state index contributed by atoms with van der Waals surface area (Å²) >= 11 is 7.31. The van der Waals surface area contributed by atoms with Crippen LogP contribution in [0, 0.1) is 3.57 Å². The van der Waals surface area contributed by atoms with Gasteiger partial charge < -0.3 is 15.4 Å². The van der Waals surface area contributed by atoms with E-state index in [1.54, 1.807) is 49.6 Å². The number of hydrogen-bond donors (Lipinski definition) is 3. The molecule has 1 unspecified atom stereocenters. The number of anilines is 1. The molecular weight excluding hydrogens is 489 g/mol. The summed E-state index contributed by atoms with van der Waals surface area (Å²) in [6.45, 7) is 3.97. The Balaban J connectivity index is 1.94. The van der Waals surface area contributed by atoms with Crippen LogP contribution in [0.3, 0.4) is 0 Å². The van der Waals surface area contributed by atoms with Gasteiger partial charge in [-0.3, -0.25) is 14.9 Å². The zero-order valence-corrected chi connectivity index (χ0v) is 18.8. The number of ether oxygens (including phenoxy) is 1. The molecule has 2 aromatic carbocycles. The number of hydrogen-bond acceptors (Lipinski definition) is 4. The molecule has 0 aliphatic carbocycles. The second-order valence-corrected chi connectivity index (χ2v) is 7.69. The molecule has 0 fully saturated rings. The molecule has 0 saturated carbocycles. The van der Waals surface area contributed by atoms with Crippen molar-refractivity contribution < 1.29 is 14.3 Å². The smallest absolute Gasteiger partial charge is 0.257 e. The number of carbonyl (C=O) groups is 2. The molecule has 0 saturated heterocycles. The van der Waals surface area contributed by atoms with Gasteiger partial charge in [-0.15, -0.1) is 0 Å². The SMILES string of the molecule is CCC(C)NC(=O)c1ccc(NC(=S)NC(=O)c2ccc(OC)c(I)c2)cc1. The van der Waals surface area contributed by atoms with Crippen LogP contribution in [-0.4, -0.2) is 30.1 Å². The minimum absolute atomic E-state index is 0.120. The van der Waals surface area contributed by atoms with Gasteiger partial charge in [-0.25, -0.2) is 0 Å². The van der Waals surface area contributed by atoms with Gasteiger partial charge in [0.05, 0.1) is 10.7 Å². The van der Waals surface area contributed by atoms with Crippen molar-refractivity contribution in [2.45, 2.75) is 26.3 Å². The van der Waals surface area contributed by atoms with Crippen LogP contribution < -0.4 is 20.7 Å². The van der Waals surface area contributed by atoms with Crippen molar-refractivity contribution in [3.05, 3.63) is 57.2 Å². The number of halogens is 1. The summed E-state index contributed by atoms with van der Waals surface area (Å²) in [7, 11) is 1.58. The summed E-state index contributed by atoms with van der Waals surface area (Å²) in [6, 6.07) is 12.1. The first-order chi connectivity index (χ1) is 13.3. The molecule has 28 heavy (non-hydrogen) atoms.